The topological polar surface area (TPSA) is 60.3 Å². The molecule has 174 valence electrons. The van der Waals surface area contributed by atoms with Crippen molar-refractivity contribution in [1.82, 2.24) is 10.2 Å². The highest BCUT2D eigenvalue weighted by atomic mass is 19.1. The lowest BCUT2D eigenvalue weighted by Gasteiger charge is -2.31. The van der Waals surface area contributed by atoms with Crippen LogP contribution < -0.4 is 15.0 Å². The van der Waals surface area contributed by atoms with E-state index in [9.17, 15) is 9.50 Å². The molecule has 0 atom stereocenters. The zero-order valence-electron chi connectivity index (χ0n) is 19.4. The van der Waals surface area contributed by atoms with Gasteiger partial charge < -0.3 is 25.0 Å². The molecule has 1 aliphatic heterocycles. The van der Waals surface area contributed by atoms with Crippen LogP contribution >= 0.6 is 0 Å². The zero-order valence-corrected chi connectivity index (χ0v) is 19.4. The number of likely N-dealkylation sites (N-methyl/N-ethyl adjacent to an activating group) is 1. The molecule has 7 heteroatoms. The van der Waals surface area contributed by atoms with Gasteiger partial charge in [-0.05, 0) is 56.0 Å². The van der Waals surface area contributed by atoms with Gasteiger partial charge in [-0.1, -0.05) is 24.3 Å². The predicted molar refractivity (Wildman–Crippen MR) is 128 cm³/mol. The number of benzene rings is 2. The van der Waals surface area contributed by atoms with Gasteiger partial charge in [0.2, 0.25) is 0 Å². The molecule has 0 aliphatic carbocycles. The van der Waals surface area contributed by atoms with Crippen molar-refractivity contribution < 1.29 is 14.2 Å². The standard InChI is InChI=1S/C25H35FN4O2/c1-4-27-25(29(3)15-16-32-24-8-6-5-7-19(24)2)28-18-20-9-10-23(22(26)17-20)30-13-11-21(31)12-14-30/h5-10,17,21,31H,4,11-16,18H2,1-3H3,(H,27,28). The van der Waals surface area contributed by atoms with E-state index in [0.717, 1.165) is 29.4 Å². The molecule has 1 aliphatic rings. The van der Waals surface area contributed by atoms with E-state index in [1.54, 1.807) is 6.07 Å². The van der Waals surface area contributed by atoms with E-state index in [0.29, 0.717) is 51.3 Å². The van der Waals surface area contributed by atoms with Crippen LogP contribution in [-0.2, 0) is 6.54 Å². The number of hydrogen-bond acceptors (Lipinski definition) is 4. The third-order valence-electron chi connectivity index (χ3n) is 5.70. The van der Waals surface area contributed by atoms with E-state index in [2.05, 4.69) is 10.3 Å². The van der Waals surface area contributed by atoms with Crippen molar-refractivity contribution in [2.24, 2.45) is 4.99 Å². The van der Waals surface area contributed by atoms with Crippen molar-refractivity contribution in [2.45, 2.75) is 39.3 Å². The van der Waals surface area contributed by atoms with Gasteiger partial charge in [0.05, 0.1) is 24.9 Å². The number of piperidine rings is 1. The second-order valence-corrected chi connectivity index (χ2v) is 8.21. The highest BCUT2D eigenvalue weighted by molar-refractivity contribution is 5.79. The maximum atomic E-state index is 14.7. The first kappa shape index (κ1) is 23.9. The molecule has 1 saturated heterocycles. The number of hydrogen-bond donors (Lipinski definition) is 2. The van der Waals surface area contributed by atoms with Crippen LogP contribution in [0.3, 0.4) is 0 Å². The molecule has 0 spiro atoms. The number of aliphatic imine (C=N–C) groups is 1. The molecule has 0 radical (unpaired) electrons. The third-order valence-corrected chi connectivity index (χ3v) is 5.70. The van der Waals surface area contributed by atoms with Gasteiger partial charge in [-0.25, -0.2) is 9.38 Å². The molecule has 2 aromatic carbocycles. The van der Waals surface area contributed by atoms with Crippen LogP contribution in [0.15, 0.2) is 47.5 Å². The van der Waals surface area contributed by atoms with E-state index in [4.69, 9.17) is 4.74 Å². The highest BCUT2D eigenvalue weighted by Gasteiger charge is 2.19. The molecule has 1 heterocycles. The largest absolute Gasteiger partial charge is 0.491 e. The molecule has 0 saturated carbocycles. The number of nitrogens with zero attached hydrogens (tertiary/aromatic N) is 3. The smallest absolute Gasteiger partial charge is 0.194 e. The summed E-state index contributed by atoms with van der Waals surface area (Å²) >= 11 is 0. The first-order chi connectivity index (χ1) is 15.5. The van der Waals surface area contributed by atoms with Crippen LogP contribution in [0.2, 0.25) is 0 Å². The fourth-order valence-electron chi connectivity index (χ4n) is 3.76. The monoisotopic (exact) mass is 442 g/mol. The maximum Gasteiger partial charge on any atom is 0.194 e. The van der Waals surface area contributed by atoms with Crippen LogP contribution in [-0.4, -0.2) is 61.9 Å². The SMILES string of the molecule is CCNC(=NCc1ccc(N2CCC(O)CC2)c(F)c1)N(C)CCOc1ccccc1C. The summed E-state index contributed by atoms with van der Waals surface area (Å²) in [5, 5.41) is 13.0. The molecule has 32 heavy (non-hydrogen) atoms. The average Bonchev–Trinajstić information content (AvgIpc) is 2.78. The number of aryl methyl sites for hydroxylation is 1. The van der Waals surface area contributed by atoms with Gasteiger partial charge in [0.1, 0.15) is 18.2 Å². The van der Waals surface area contributed by atoms with E-state index in [1.807, 2.05) is 67.1 Å². The number of ether oxygens (including phenoxy) is 1. The zero-order chi connectivity index (χ0) is 22.9. The minimum Gasteiger partial charge on any atom is -0.491 e. The maximum absolute atomic E-state index is 14.7. The first-order valence-corrected chi connectivity index (χ1v) is 11.4. The van der Waals surface area contributed by atoms with E-state index < -0.39 is 0 Å². The number of nitrogens with one attached hydrogen (secondary N) is 1. The van der Waals surface area contributed by atoms with Crippen LogP contribution in [0, 0.1) is 12.7 Å². The second-order valence-electron chi connectivity index (χ2n) is 8.21. The molecule has 0 aromatic heterocycles. The number of aliphatic hydroxyl groups excluding tert-OH is 1. The second kappa shape index (κ2) is 11.7. The molecule has 6 nitrogen and oxygen atoms in total. The predicted octanol–water partition coefficient (Wildman–Crippen LogP) is 3.57. The minimum absolute atomic E-state index is 0.237. The summed E-state index contributed by atoms with van der Waals surface area (Å²) in [5.74, 6) is 1.41. The van der Waals surface area contributed by atoms with Crippen LogP contribution in [0.1, 0.15) is 30.9 Å². The Morgan fingerprint density at radius 1 is 1.25 bits per heavy atom. The summed E-state index contributed by atoms with van der Waals surface area (Å²) in [6.45, 7) is 7.76. The third kappa shape index (κ3) is 6.60. The minimum atomic E-state index is -0.272. The summed E-state index contributed by atoms with van der Waals surface area (Å²) < 4.78 is 20.6. The van der Waals surface area contributed by atoms with Gasteiger partial charge in [0.25, 0.3) is 0 Å². The molecule has 3 rings (SSSR count). The number of halogens is 1. The van der Waals surface area contributed by atoms with E-state index in [-0.39, 0.29) is 11.9 Å². The Morgan fingerprint density at radius 3 is 2.69 bits per heavy atom. The summed E-state index contributed by atoms with van der Waals surface area (Å²) in [7, 11) is 1.97. The van der Waals surface area contributed by atoms with Crippen molar-refractivity contribution in [3.05, 3.63) is 59.4 Å². The van der Waals surface area contributed by atoms with E-state index >= 15 is 0 Å². The Morgan fingerprint density at radius 2 is 2.00 bits per heavy atom. The van der Waals surface area contributed by atoms with Gasteiger partial charge in [-0.15, -0.1) is 0 Å². The molecular formula is C25H35FN4O2. The molecular weight excluding hydrogens is 407 g/mol. The molecule has 1 fully saturated rings. The molecule has 2 N–H and O–H groups in total. The lowest BCUT2D eigenvalue weighted by atomic mass is 10.1. The van der Waals surface area contributed by atoms with E-state index in [1.165, 1.54) is 0 Å². The molecule has 2 aromatic rings. The summed E-state index contributed by atoms with van der Waals surface area (Å²) in [6, 6.07) is 13.3. The van der Waals surface area contributed by atoms with Gasteiger partial charge in [0.15, 0.2) is 5.96 Å². The number of aliphatic hydroxyl groups is 1. The number of guanidine groups is 1. The fraction of sp³-hybridized carbons (Fsp3) is 0.480. The quantitative estimate of drug-likeness (QED) is 0.484. The lowest BCUT2D eigenvalue weighted by Crippen LogP contribution is -2.40. The normalized spacial score (nSPS) is 15.0. The Kier molecular flexibility index (Phi) is 8.73. The Balaban J connectivity index is 1.57. The molecule has 0 unspecified atom stereocenters. The van der Waals surface area contributed by atoms with Crippen LogP contribution in [0.5, 0.6) is 5.75 Å². The number of rotatable bonds is 8. The van der Waals surface area contributed by atoms with Crippen molar-refractivity contribution >= 4 is 11.6 Å². The number of para-hydroxylation sites is 1. The Bertz CT molecular complexity index is 897. The summed E-state index contributed by atoms with van der Waals surface area (Å²) in [6.07, 6.45) is 1.08. The van der Waals surface area contributed by atoms with Crippen molar-refractivity contribution in [3.8, 4) is 5.75 Å². The lowest BCUT2D eigenvalue weighted by molar-refractivity contribution is 0.145. The van der Waals surface area contributed by atoms with Gasteiger partial charge >= 0.3 is 0 Å². The highest BCUT2D eigenvalue weighted by Crippen LogP contribution is 2.24. The summed E-state index contributed by atoms with van der Waals surface area (Å²) in [5.41, 5.74) is 2.53. The van der Waals surface area contributed by atoms with Crippen molar-refractivity contribution in [3.63, 3.8) is 0 Å². The Hall–Kier alpha value is -2.80. The Labute approximate surface area is 190 Å². The average molecular weight is 443 g/mol. The van der Waals surface area contributed by atoms with Crippen LogP contribution in [0.25, 0.3) is 0 Å². The van der Waals surface area contributed by atoms with Crippen molar-refractivity contribution in [1.29, 1.82) is 0 Å². The summed E-state index contributed by atoms with van der Waals surface area (Å²) in [4.78, 5) is 8.70. The van der Waals surface area contributed by atoms with Gasteiger partial charge in [-0.3, -0.25) is 0 Å². The van der Waals surface area contributed by atoms with Crippen LogP contribution in [0.4, 0.5) is 10.1 Å². The fourth-order valence-corrected chi connectivity index (χ4v) is 3.76. The number of anilines is 1. The first-order valence-electron chi connectivity index (χ1n) is 11.4. The van der Waals surface area contributed by atoms with Gasteiger partial charge in [-0.2, -0.15) is 0 Å². The van der Waals surface area contributed by atoms with Crippen molar-refractivity contribution in [2.75, 3.05) is 44.7 Å². The van der Waals surface area contributed by atoms with Gasteiger partial charge in [0, 0.05) is 26.7 Å². The molecule has 0 amide bonds. The molecule has 0 bridgehead atoms.